The van der Waals surface area contributed by atoms with Gasteiger partial charge in [0, 0.05) is 12.1 Å². The number of aliphatic carboxylic acids is 1. The fourth-order valence-corrected chi connectivity index (χ4v) is 1.69. The number of carbonyl (C=O) groups is 3. The normalized spacial score (nSPS) is 13.7. The summed E-state index contributed by atoms with van der Waals surface area (Å²) in [6, 6.07) is 4.62. The van der Waals surface area contributed by atoms with Gasteiger partial charge in [-0.25, -0.2) is 0 Å². The molecule has 0 unspecified atom stereocenters. The van der Waals surface area contributed by atoms with Crippen LogP contribution in [0.25, 0.3) is 0 Å². The van der Waals surface area contributed by atoms with E-state index >= 15 is 0 Å². The van der Waals surface area contributed by atoms with Crippen LogP contribution in [0.15, 0.2) is 18.2 Å². The highest BCUT2D eigenvalue weighted by Gasteiger charge is 2.28. The van der Waals surface area contributed by atoms with Crippen LogP contribution in [0.2, 0.25) is 0 Å². The van der Waals surface area contributed by atoms with Gasteiger partial charge in [-0.15, -0.1) is 0 Å². The number of carboxylic acid groups (broad SMARTS) is 1. The summed E-state index contributed by atoms with van der Waals surface area (Å²) in [5.74, 6) is -1.21. The highest BCUT2D eigenvalue weighted by molar-refractivity contribution is 5.99. The number of benzene rings is 1. The van der Waals surface area contributed by atoms with Crippen LogP contribution in [0.5, 0.6) is 5.75 Å². The fourth-order valence-electron chi connectivity index (χ4n) is 1.69. The predicted octanol–water partition coefficient (Wildman–Crippen LogP) is 0.858. The van der Waals surface area contributed by atoms with Crippen LogP contribution in [-0.4, -0.2) is 36.0 Å². The lowest BCUT2D eigenvalue weighted by molar-refractivity contribution is -0.146. The summed E-state index contributed by atoms with van der Waals surface area (Å²) >= 11 is 0. The minimum absolute atomic E-state index is 0.00977. The number of carbonyl (C=O) groups excluding carboxylic acids is 2. The van der Waals surface area contributed by atoms with Gasteiger partial charge >= 0.3 is 5.97 Å². The van der Waals surface area contributed by atoms with E-state index in [-0.39, 0.29) is 19.1 Å². The van der Waals surface area contributed by atoms with Gasteiger partial charge in [0.1, 0.15) is 5.75 Å². The van der Waals surface area contributed by atoms with Crippen LogP contribution in [-0.2, 0) is 9.59 Å². The van der Waals surface area contributed by atoms with E-state index in [4.69, 9.17) is 9.84 Å². The van der Waals surface area contributed by atoms with Crippen molar-refractivity contribution in [3.8, 4) is 5.75 Å². The average Bonchev–Trinajstić information content (AvgIpc) is 2.44. The van der Waals surface area contributed by atoms with E-state index in [0.29, 0.717) is 17.0 Å². The van der Waals surface area contributed by atoms with Crippen molar-refractivity contribution in [3.63, 3.8) is 0 Å². The second-order valence-electron chi connectivity index (χ2n) is 5.42. The lowest BCUT2D eigenvalue weighted by Crippen LogP contribution is -2.39. The molecule has 0 atom stereocenters. The first-order valence-corrected chi connectivity index (χ1v) is 6.38. The topological polar surface area (TPSA) is 105 Å². The highest BCUT2D eigenvalue weighted by atomic mass is 16.5. The highest BCUT2D eigenvalue weighted by Crippen LogP contribution is 2.28. The number of rotatable bonds is 4. The Bertz CT molecular complexity index is 609. The molecule has 2 rings (SSSR count). The smallest absolute Gasteiger partial charge is 0.310 e. The first-order valence-electron chi connectivity index (χ1n) is 6.38. The standard InChI is InChI=1S/C14H16N2O5/c1-14(2,13(19)20)7-15-12(18)8-3-4-9-10(5-8)21-6-11(17)16-9/h3-5H,6-7H2,1-2H3,(H,15,18)(H,16,17)(H,19,20). The van der Waals surface area contributed by atoms with Gasteiger partial charge in [-0.1, -0.05) is 0 Å². The van der Waals surface area contributed by atoms with Crippen molar-refractivity contribution >= 4 is 23.5 Å². The Hall–Kier alpha value is -2.57. The predicted molar refractivity (Wildman–Crippen MR) is 74.3 cm³/mol. The number of fused-ring (bicyclic) bond motifs is 1. The van der Waals surface area contributed by atoms with Crippen molar-refractivity contribution in [1.29, 1.82) is 0 Å². The van der Waals surface area contributed by atoms with E-state index in [9.17, 15) is 14.4 Å². The molecule has 0 fully saturated rings. The van der Waals surface area contributed by atoms with Crippen molar-refractivity contribution in [2.45, 2.75) is 13.8 Å². The van der Waals surface area contributed by atoms with Crippen molar-refractivity contribution in [3.05, 3.63) is 23.8 Å². The van der Waals surface area contributed by atoms with Gasteiger partial charge in [0.25, 0.3) is 11.8 Å². The van der Waals surface area contributed by atoms with E-state index < -0.39 is 17.3 Å². The van der Waals surface area contributed by atoms with Crippen molar-refractivity contribution in [1.82, 2.24) is 5.32 Å². The van der Waals surface area contributed by atoms with E-state index in [1.807, 2.05) is 0 Å². The molecule has 2 amide bonds. The monoisotopic (exact) mass is 292 g/mol. The van der Waals surface area contributed by atoms with Crippen LogP contribution in [0.4, 0.5) is 5.69 Å². The summed E-state index contributed by atoms with van der Waals surface area (Å²) < 4.78 is 5.22. The number of ether oxygens (including phenoxy) is 1. The van der Waals surface area contributed by atoms with Crippen molar-refractivity contribution in [2.75, 3.05) is 18.5 Å². The molecule has 0 spiro atoms. The van der Waals surface area contributed by atoms with Gasteiger partial charge < -0.3 is 20.5 Å². The molecule has 0 saturated carbocycles. The van der Waals surface area contributed by atoms with Crippen molar-refractivity contribution in [2.24, 2.45) is 5.41 Å². The summed E-state index contributed by atoms with van der Waals surface area (Å²) in [4.78, 5) is 34.1. The van der Waals surface area contributed by atoms with Gasteiger partial charge in [-0.05, 0) is 32.0 Å². The quantitative estimate of drug-likeness (QED) is 0.763. The molecule has 1 aliphatic rings. The van der Waals surface area contributed by atoms with Crippen LogP contribution in [0.1, 0.15) is 24.2 Å². The molecular weight excluding hydrogens is 276 g/mol. The van der Waals surface area contributed by atoms with E-state index in [1.165, 1.54) is 26.0 Å². The molecule has 3 N–H and O–H groups in total. The Balaban J connectivity index is 2.07. The van der Waals surface area contributed by atoms with Crippen LogP contribution < -0.4 is 15.4 Å². The van der Waals surface area contributed by atoms with Gasteiger partial charge in [0.2, 0.25) is 0 Å². The molecule has 0 aliphatic carbocycles. The number of hydrogen-bond donors (Lipinski definition) is 3. The molecule has 1 aliphatic heterocycles. The van der Waals surface area contributed by atoms with E-state index in [1.54, 1.807) is 6.07 Å². The Morgan fingerprint density at radius 1 is 1.43 bits per heavy atom. The van der Waals surface area contributed by atoms with Crippen molar-refractivity contribution < 1.29 is 24.2 Å². The van der Waals surface area contributed by atoms with Gasteiger partial charge in [0.15, 0.2) is 6.61 Å². The third kappa shape index (κ3) is 3.31. The minimum atomic E-state index is -1.05. The molecule has 1 aromatic rings. The molecule has 1 aromatic carbocycles. The summed E-state index contributed by atoms with van der Waals surface area (Å²) in [6.07, 6.45) is 0. The molecule has 1 heterocycles. The van der Waals surface area contributed by atoms with Gasteiger partial charge in [0.05, 0.1) is 11.1 Å². The fraction of sp³-hybridized carbons (Fsp3) is 0.357. The molecule has 112 valence electrons. The summed E-state index contributed by atoms with van der Waals surface area (Å²) in [7, 11) is 0. The Morgan fingerprint density at radius 2 is 2.14 bits per heavy atom. The second-order valence-corrected chi connectivity index (χ2v) is 5.42. The maximum Gasteiger partial charge on any atom is 0.310 e. The maximum absolute atomic E-state index is 12.0. The molecule has 0 radical (unpaired) electrons. The van der Waals surface area contributed by atoms with E-state index in [0.717, 1.165) is 0 Å². The minimum Gasteiger partial charge on any atom is -0.482 e. The summed E-state index contributed by atoms with van der Waals surface area (Å²) in [5.41, 5.74) is -0.200. The molecular formula is C14H16N2O5. The Labute approximate surface area is 121 Å². The molecule has 7 nitrogen and oxygen atoms in total. The summed E-state index contributed by atoms with van der Waals surface area (Å²) in [6.45, 7) is 2.97. The molecule has 7 heteroatoms. The number of nitrogens with one attached hydrogen (secondary N) is 2. The molecule has 0 aromatic heterocycles. The zero-order valence-corrected chi connectivity index (χ0v) is 11.7. The largest absolute Gasteiger partial charge is 0.482 e. The van der Waals surface area contributed by atoms with Gasteiger partial charge in [-0.3, -0.25) is 14.4 Å². The molecule has 0 saturated heterocycles. The first-order chi connectivity index (χ1) is 9.79. The zero-order chi connectivity index (χ0) is 15.6. The van der Waals surface area contributed by atoms with Crippen LogP contribution in [0, 0.1) is 5.41 Å². The Morgan fingerprint density at radius 3 is 2.81 bits per heavy atom. The van der Waals surface area contributed by atoms with Crippen LogP contribution in [0.3, 0.4) is 0 Å². The number of hydrogen-bond acceptors (Lipinski definition) is 4. The Kier molecular flexibility index (Phi) is 3.84. The zero-order valence-electron chi connectivity index (χ0n) is 11.7. The third-order valence-corrected chi connectivity index (χ3v) is 3.15. The molecule has 21 heavy (non-hydrogen) atoms. The lowest BCUT2D eigenvalue weighted by Gasteiger charge is -2.20. The number of anilines is 1. The second kappa shape index (κ2) is 5.43. The van der Waals surface area contributed by atoms with Crippen LogP contribution >= 0.6 is 0 Å². The lowest BCUT2D eigenvalue weighted by atomic mass is 9.94. The average molecular weight is 292 g/mol. The number of amides is 2. The number of carboxylic acids is 1. The molecule has 0 bridgehead atoms. The third-order valence-electron chi connectivity index (χ3n) is 3.15. The summed E-state index contributed by atoms with van der Waals surface area (Å²) in [5, 5.41) is 14.2. The maximum atomic E-state index is 12.0. The van der Waals surface area contributed by atoms with E-state index in [2.05, 4.69) is 10.6 Å². The SMILES string of the molecule is CC(C)(CNC(=O)c1ccc2c(c1)OCC(=O)N2)C(=O)O. The first kappa shape index (κ1) is 14.8. The van der Waals surface area contributed by atoms with Gasteiger partial charge in [-0.2, -0.15) is 0 Å².